The summed E-state index contributed by atoms with van der Waals surface area (Å²) in [6.07, 6.45) is 4.04. The van der Waals surface area contributed by atoms with Crippen molar-refractivity contribution in [2.45, 2.75) is 18.6 Å². The third kappa shape index (κ3) is 2.45. The highest BCUT2D eigenvalue weighted by Gasteiger charge is 2.33. The zero-order valence-corrected chi connectivity index (χ0v) is 14.8. The molecule has 0 radical (unpaired) electrons. The number of alkyl halides is 1. The topological polar surface area (TPSA) is 106 Å². The molecule has 4 aromatic heterocycles. The molecule has 140 valence electrons. The van der Waals surface area contributed by atoms with Crippen molar-refractivity contribution in [2.75, 3.05) is 18.0 Å². The van der Waals surface area contributed by atoms with Gasteiger partial charge in [0.25, 0.3) is 0 Å². The van der Waals surface area contributed by atoms with Gasteiger partial charge in [-0.25, -0.2) is 19.2 Å². The van der Waals surface area contributed by atoms with Gasteiger partial charge in [0.2, 0.25) is 0 Å². The Bertz CT molecular complexity index is 1260. The summed E-state index contributed by atoms with van der Waals surface area (Å²) in [7, 11) is 0. The fourth-order valence-electron chi connectivity index (χ4n) is 3.97. The minimum atomic E-state index is -1.25. The molecule has 28 heavy (non-hydrogen) atoms. The molecule has 0 spiro atoms. The Hall–Kier alpha value is -3.67. The van der Waals surface area contributed by atoms with Gasteiger partial charge >= 0.3 is 5.69 Å². The SMILES string of the molecule is N#Cc1ccc(N2CC[C@@H](n3c(=O)[nH]c4cnc5[nH]ccc5c43)[C@@H](F)C2)nc1. The van der Waals surface area contributed by atoms with Crippen molar-refractivity contribution in [3.8, 4) is 6.07 Å². The first kappa shape index (κ1) is 16.5. The van der Waals surface area contributed by atoms with Crippen molar-refractivity contribution in [3.63, 3.8) is 0 Å². The van der Waals surface area contributed by atoms with Gasteiger partial charge in [-0.05, 0) is 24.6 Å². The number of fused-ring (bicyclic) bond motifs is 3. The standard InChI is InChI=1S/C19H16FN7O/c20-13-10-26(16-2-1-11(7-21)8-23-16)6-4-15(13)27-17-12-3-5-22-18(12)24-9-14(17)25-19(27)28/h1-3,5,8-9,13,15H,4,6,10H2,(H,22,24)(H,25,28)/t13-,15+/m0/s1. The Morgan fingerprint density at radius 2 is 2.14 bits per heavy atom. The molecule has 9 heteroatoms. The number of rotatable bonds is 2. The number of pyridine rings is 2. The van der Waals surface area contributed by atoms with Crippen LogP contribution >= 0.6 is 0 Å². The van der Waals surface area contributed by atoms with Gasteiger partial charge in [0.1, 0.15) is 23.7 Å². The second-order valence-electron chi connectivity index (χ2n) is 6.90. The zero-order valence-electron chi connectivity index (χ0n) is 14.8. The summed E-state index contributed by atoms with van der Waals surface area (Å²) in [5.74, 6) is 0.628. The van der Waals surface area contributed by atoms with Crippen LogP contribution in [0, 0.1) is 11.3 Å². The van der Waals surface area contributed by atoms with Crippen LogP contribution in [0.2, 0.25) is 0 Å². The molecule has 0 aromatic carbocycles. The van der Waals surface area contributed by atoms with E-state index in [1.54, 1.807) is 24.5 Å². The molecule has 0 saturated carbocycles. The lowest BCUT2D eigenvalue weighted by Crippen LogP contribution is -2.45. The number of aromatic nitrogens is 5. The minimum Gasteiger partial charge on any atom is -0.354 e. The molecule has 1 aliphatic heterocycles. The Labute approximate surface area is 158 Å². The van der Waals surface area contributed by atoms with Crippen LogP contribution in [0.25, 0.3) is 22.1 Å². The van der Waals surface area contributed by atoms with Crippen LogP contribution in [0.5, 0.6) is 0 Å². The molecule has 5 heterocycles. The highest BCUT2D eigenvalue weighted by atomic mass is 19.1. The first-order valence-electron chi connectivity index (χ1n) is 8.97. The van der Waals surface area contributed by atoms with Gasteiger partial charge in [-0.15, -0.1) is 0 Å². The van der Waals surface area contributed by atoms with Crippen LogP contribution in [-0.4, -0.2) is 43.8 Å². The highest BCUT2D eigenvalue weighted by molar-refractivity contribution is 6.00. The Balaban J connectivity index is 1.50. The Morgan fingerprint density at radius 3 is 2.89 bits per heavy atom. The summed E-state index contributed by atoms with van der Waals surface area (Å²) in [4.78, 5) is 28.8. The third-order valence-corrected chi connectivity index (χ3v) is 5.30. The van der Waals surface area contributed by atoms with Crippen molar-refractivity contribution in [2.24, 2.45) is 0 Å². The van der Waals surface area contributed by atoms with Gasteiger partial charge in [0, 0.05) is 24.3 Å². The summed E-state index contributed by atoms with van der Waals surface area (Å²) in [5, 5.41) is 9.68. The van der Waals surface area contributed by atoms with E-state index >= 15 is 4.39 Å². The largest absolute Gasteiger partial charge is 0.354 e. The van der Waals surface area contributed by atoms with Gasteiger partial charge in [-0.2, -0.15) is 5.26 Å². The maximum absolute atomic E-state index is 15.2. The molecule has 2 atom stereocenters. The fraction of sp³-hybridized carbons (Fsp3) is 0.263. The molecule has 1 saturated heterocycles. The Kier molecular flexibility index (Phi) is 3.65. The van der Waals surface area contributed by atoms with Gasteiger partial charge in [0.15, 0.2) is 0 Å². The van der Waals surface area contributed by atoms with Crippen molar-refractivity contribution in [1.82, 2.24) is 24.5 Å². The molecular weight excluding hydrogens is 361 g/mol. The van der Waals surface area contributed by atoms with Crippen molar-refractivity contribution in [1.29, 1.82) is 5.26 Å². The summed E-state index contributed by atoms with van der Waals surface area (Å²) < 4.78 is 16.7. The van der Waals surface area contributed by atoms with Crippen LogP contribution in [0.15, 0.2) is 41.6 Å². The number of imidazole rings is 1. The first-order valence-corrected chi connectivity index (χ1v) is 8.97. The van der Waals surface area contributed by atoms with Crippen molar-refractivity contribution < 1.29 is 4.39 Å². The summed E-state index contributed by atoms with van der Waals surface area (Å²) in [6.45, 7) is 0.689. The molecule has 0 amide bonds. The summed E-state index contributed by atoms with van der Waals surface area (Å²) in [5.41, 5.74) is 2.07. The smallest absolute Gasteiger partial charge is 0.326 e. The average molecular weight is 377 g/mol. The number of hydrogen-bond donors (Lipinski definition) is 2. The van der Waals surface area contributed by atoms with Crippen molar-refractivity contribution in [3.05, 3.63) is 52.8 Å². The number of H-pyrrole nitrogens is 2. The van der Waals surface area contributed by atoms with Crippen LogP contribution in [0.4, 0.5) is 10.2 Å². The average Bonchev–Trinajstić information content (AvgIpc) is 3.31. The maximum atomic E-state index is 15.2. The maximum Gasteiger partial charge on any atom is 0.326 e. The summed E-state index contributed by atoms with van der Waals surface area (Å²) in [6, 6.07) is 6.68. The first-order chi connectivity index (χ1) is 13.7. The van der Waals surface area contributed by atoms with E-state index in [0.29, 0.717) is 41.0 Å². The van der Waals surface area contributed by atoms with Crippen LogP contribution in [0.3, 0.4) is 0 Å². The Morgan fingerprint density at radius 1 is 1.25 bits per heavy atom. The lowest BCUT2D eigenvalue weighted by atomic mass is 10.0. The molecule has 0 aliphatic carbocycles. The molecule has 1 aliphatic rings. The summed E-state index contributed by atoms with van der Waals surface area (Å²) >= 11 is 0. The molecule has 5 rings (SSSR count). The van der Waals surface area contributed by atoms with E-state index in [0.717, 1.165) is 5.39 Å². The van der Waals surface area contributed by atoms with Crippen LogP contribution < -0.4 is 10.6 Å². The van der Waals surface area contributed by atoms with E-state index in [2.05, 4.69) is 19.9 Å². The van der Waals surface area contributed by atoms with Gasteiger partial charge in [-0.3, -0.25) is 4.57 Å². The number of hydrogen-bond acceptors (Lipinski definition) is 5. The normalized spacial score (nSPS) is 19.9. The minimum absolute atomic E-state index is 0.129. The van der Waals surface area contributed by atoms with Crippen molar-refractivity contribution >= 4 is 27.9 Å². The van der Waals surface area contributed by atoms with E-state index in [-0.39, 0.29) is 12.2 Å². The second-order valence-corrected chi connectivity index (χ2v) is 6.90. The zero-order chi connectivity index (χ0) is 19.3. The van der Waals surface area contributed by atoms with E-state index in [4.69, 9.17) is 5.26 Å². The van der Waals surface area contributed by atoms with E-state index < -0.39 is 12.2 Å². The fourth-order valence-corrected chi connectivity index (χ4v) is 3.97. The molecule has 8 nitrogen and oxygen atoms in total. The quantitative estimate of drug-likeness (QED) is 0.557. The predicted molar refractivity (Wildman–Crippen MR) is 102 cm³/mol. The molecule has 2 N–H and O–H groups in total. The molecule has 0 unspecified atom stereocenters. The molecule has 4 aromatic rings. The highest BCUT2D eigenvalue weighted by Crippen LogP contribution is 2.31. The number of aromatic amines is 2. The van der Waals surface area contributed by atoms with Gasteiger partial charge in [-0.1, -0.05) is 0 Å². The van der Waals surface area contributed by atoms with E-state index in [1.165, 1.54) is 10.8 Å². The van der Waals surface area contributed by atoms with E-state index in [9.17, 15) is 4.79 Å². The van der Waals surface area contributed by atoms with E-state index in [1.807, 2.05) is 17.0 Å². The lowest BCUT2D eigenvalue weighted by Gasteiger charge is -2.35. The number of piperidine rings is 1. The number of nitrogens with zero attached hydrogens (tertiary/aromatic N) is 5. The number of nitriles is 1. The van der Waals surface area contributed by atoms with Gasteiger partial charge < -0.3 is 14.9 Å². The molecule has 1 fully saturated rings. The van der Waals surface area contributed by atoms with Crippen LogP contribution in [-0.2, 0) is 0 Å². The number of halogens is 1. The predicted octanol–water partition coefficient (Wildman–Crippen LogP) is 2.26. The molecule has 0 bridgehead atoms. The van der Waals surface area contributed by atoms with Gasteiger partial charge in [0.05, 0.1) is 35.4 Å². The lowest BCUT2D eigenvalue weighted by molar-refractivity contribution is 0.200. The number of nitrogens with one attached hydrogen (secondary N) is 2. The van der Waals surface area contributed by atoms with Crippen LogP contribution in [0.1, 0.15) is 18.0 Å². The third-order valence-electron chi connectivity index (χ3n) is 5.30. The second kappa shape index (κ2) is 6.20. The monoisotopic (exact) mass is 377 g/mol. The number of anilines is 1. The molecular formula is C19H16FN7O.